The minimum atomic E-state index is -4.00. The number of urea groups is 1. The lowest BCUT2D eigenvalue weighted by molar-refractivity contribution is 0.243. The van der Waals surface area contributed by atoms with Gasteiger partial charge < -0.3 is 11.1 Å². The van der Waals surface area contributed by atoms with E-state index in [0.29, 0.717) is 6.54 Å². The minimum Gasteiger partial charge on any atom is -0.326 e. The van der Waals surface area contributed by atoms with E-state index in [1.165, 1.54) is 12.1 Å². The molecule has 0 fully saturated rings. The number of carbonyl (C=O) groups is 1. The van der Waals surface area contributed by atoms with Crippen molar-refractivity contribution in [2.75, 3.05) is 0 Å². The summed E-state index contributed by atoms with van der Waals surface area (Å²) in [5.74, 6) is 0. The summed E-state index contributed by atoms with van der Waals surface area (Å²) < 4.78 is 27.1. The number of carbonyl (C=O) groups excluding carboxylic acids is 1. The zero-order valence-corrected chi connectivity index (χ0v) is 15.9. The van der Waals surface area contributed by atoms with E-state index in [1.807, 2.05) is 60.7 Å². The quantitative estimate of drug-likeness (QED) is 0.597. The van der Waals surface area contributed by atoms with Gasteiger partial charge in [-0.2, -0.15) is 0 Å². The fraction of sp³-hybridized carbons (Fsp3) is 0.0952. The molecule has 0 heterocycles. The first-order chi connectivity index (χ1) is 13.5. The van der Waals surface area contributed by atoms with Crippen LogP contribution < -0.4 is 15.8 Å². The van der Waals surface area contributed by atoms with Gasteiger partial charge in [-0.1, -0.05) is 72.8 Å². The smallest absolute Gasteiger partial charge is 0.326 e. The third kappa shape index (κ3) is 4.76. The Balaban J connectivity index is 1.80. The molecule has 4 N–H and O–H groups in total. The second-order valence-electron chi connectivity index (χ2n) is 6.18. The topological polar surface area (TPSA) is 101 Å². The van der Waals surface area contributed by atoms with Gasteiger partial charge in [0.25, 0.3) is 10.0 Å². The van der Waals surface area contributed by atoms with Crippen molar-refractivity contribution in [3.05, 3.63) is 102 Å². The molecule has 0 unspecified atom stereocenters. The maximum absolute atomic E-state index is 12.5. The fourth-order valence-corrected chi connectivity index (χ4v) is 3.71. The summed E-state index contributed by atoms with van der Waals surface area (Å²) in [6, 6.07) is 23.5. The first-order valence-corrected chi connectivity index (χ1v) is 10.2. The first-order valence-electron chi connectivity index (χ1n) is 8.72. The fourth-order valence-electron chi connectivity index (χ4n) is 2.80. The number of benzene rings is 3. The second kappa shape index (κ2) is 8.69. The van der Waals surface area contributed by atoms with E-state index in [9.17, 15) is 13.2 Å². The summed E-state index contributed by atoms with van der Waals surface area (Å²) in [6.45, 7) is 0.310. The van der Waals surface area contributed by atoms with Gasteiger partial charge in [0.15, 0.2) is 0 Å². The average molecular weight is 395 g/mol. The predicted molar refractivity (Wildman–Crippen MR) is 108 cm³/mol. The van der Waals surface area contributed by atoms with Gasteiger partial charge in [-0.25, -0.2) is 17.9 Å². The van der Waals surface area contributed by atoms with E-state index in [0.717, 1.165) is 16.7 Å². The number of nitrogens with two attached hydrogens (primary N) is 1. The van der Waals surface area contributed by atoms with Crippen molar-refractivity contribution in [2.45, 2.75) is 17.5 Å². The molecule has 0 spiro atoms. The van der Waals surface area contributed by atoms with Crippen LogP contribution in [-0.2, 0) is 16.6 Å². The van der Waals surface area contributed by atoms with Crippen LogP contribution in [0.3, 0.4) is 0 Å². The van der Waals surface area contributed by atoms with Crippen LogP contribution in [0.25, 0.3) is 0 Å². The first kappa shape index (κ1) is 19.6. The minimum absolute atomic E-state index is 0.00387. The number of hydrogen-bond donors (Lipinski definition) is 3. The normalized spacial score (nSPS) is 11.2. The molecule has 0 aliphatic rings. The highest BCUT2D eigenvalue weighted by Crippen LogP contribution is 2.21. The Labute approximate surface area is 164 Å². The van der Waals surface area contributed by atoms with Crippen molar-refractivity contribution < 1.29 is 13.2 Å². The lowest BCUT2D eigenvalue weighted by Gasteiger charge is -2.20. The molecule has 0 aliphatic carbocycles. The molecular weight excluding hydrogens is 374 g/mol. The largest absolute Gasteiger partial charge is 0.329 e. The Morgan fingerprint density at radius 3 is 1.79 bits per heavy atom. The van der Waals surface area contributed by atoms with E-state index in [1.54, 1.807) is 12.1 Å². The highest BCUT2D eigenvalue weighted by Gasteiger charge is 2.21. The van der Waals surface area contributed by atoms with Crippen LogP contribution in [0.15, 0.2) is 89.8 Å². The molecule has 3 rings (SSSR count). The van der Waals surface area contributed by atoms with Crippen LogP contribution in [0, 0.1) is 0 Å². The second-order valence-corrected chi connectivity index (χ2v) is 7.86. The van der Waals surface area contributed by atoms with E-state index in [4.69, 9.17) is 5.73 Å². The standard InChI is InChI=1S/C21H21N3O3S/c22-15-16-11-13-19(14-12-16)28(26,27)24-21(25)23-20(17-7-3-1-4-8-17)18-9-5-2-6-10-18/h1-14,20H,15,22H2,(H2,23,24,25). The monoisotopic (exact) mass is 395 g/mol. The van der Waals surface area contributed by atoms with Gasteiger partial charge in [-0.15, -0.1) is 0 Å². The number of amides is 2. The number of hydrogen-bond acceptors (Lipinski definition) is 4. The van der Waals surface area contributed by atoms with Crippen LogP contribution in [0.5, 0.6) is 0 Å². The van der Waals surface area contributed by atoms with Crippen molar-refractivity contribution in [3.63, 3.8) is 0 Å². The summed E-state index contributed by atoms with van der Waals surface area (Å²) in [5.41, 5.74) is 8.01. The summed E-state index contributed by atoms with van der Waals surface area (Å²) in [6.07, 6.45) is 0. The molecule has 0 aromatic heterocycles. The summed E-state index contributed by atoms with van der Waals surface area (Å²) in [5, 5.41) is 2.75. The van der Waals surface area contributed by atoms with Gasteiger partial charge in [0, 0.05) is 6.54 Å². The van der Waals surface area contributed by atoms with Crippen molar-refractivity contribution in [2.24, 2.45) is 5.73 Å². The van der Waals surface area contributed by atoms with E-state index < -0.39 is 22.1 Å². The van der Waals surface area contributed by atoms with Gasteiger partial charge in [-0.05, 0) is 28.8 Å². The van der Waals surface area contributed by atoms with E-state index in [-0.39, 0.29) is 4.90 Å². The SMILES string of the molecule is NCc1ccc(S(=O)(=O)NC(=O)NC(c2ccccc2)c2ccccc2)cc1. The van der Waals surface area contributed by atoms with E-state index in [2.05, 4.69) is 10.0 Å². The zero-order valence-electron chi connectivity index (χ0n) is 15.1. The van der Waals surface area contributed by atoms with Gasteiger partial charge >= 0.3 is 6.03 Å². The Kier molecular flexibility index (Phi) is 6.08. The van der Waals surface area contributed by atoms with Crippen LogP contribution >= 0.6 is 0 Å². The molecule has 0 saturated carbocycles. The Bertz CT molecular complexity index is 982. The van der Waals surface area contributed by atoms with Gasteiger partial charge in [0.05, 0.1) is 10.9 Å². The Morgan fingerprint density at radius 1 is 0.821 bits per heavy atom. The molecule has 28 heavy (non-hydrogen) atoms. The highest BCUT2D eigenvalue weighted by atomic mass is 32.2. The highest BCUT2D eigenvalue weighted by molar-refractivity contribution is 7.90. The molecule has 0 bridgehead atoms. The van der Waals surface area contributed by atoms with Crippen molar-refractivity contribution in [3.8, 4) is 0 Å². The maximum atomic E-state index is 12.5. The van der Waals surface area contributed by atoms with Gasteiger partial charge in [0.2, 0.25) is 0 Å². The van der Waals surface area contributed by atoms with Crippen LogP contribution in [0.2, 0.25) is 0 Å². The number of nitrogens with one attached hydrogen (secondary N) is 2. The van der Waals surface area contributed by atoms with Crippen molar-refractivity contribution in [1.29, 1.82) is 0 Å². The van der Waals surface area contributed by atoms with Crippen molar-refractivity contribution >= 4 is 16.1 Å². The van der Waals surface area contributed by atoms with Crippen LogP contribution in [-0.4, -0.2) is 14.4 Å². The average Bonchev–Trinajstić information content (AvgIpc) is 2.73. The third-order valence-corrected chi connectivity index (χ3v) is 5.58. The van der Waals surface area contributed by atoms with Gasteiger partial charge in [0.1, 0.15) is 0 Å². The molecule has 0 saturated heterocycles. The molecule has 0 atom stereocenters. The molecule has 144 valence electrons. The van der Waals surface area contributed by atoms with E-state index >= 15 is 0 Å². The van der Waals surface area contributed by atoms with Gasteiger partial charge in [-0.3, -0.25) is 0 Å². The zero-order chi connectivity index (χ0) is 20.0. The molecule has 0 radical (unpaired) electrons. The molecule has 2 amide bonds. The molecule has 0 aliphatic heterocycles. The Hall–Kier alpha value is -3.16. The van der Waals surface area contributed by atoms with Crippen molar-refractivity contribution in [1.82, 2.24) is 10.0 Å². The summed E-state index contributed by atoms with van der Waals surface area (Å²) in [7, 11) is -4.00. The third-order valence-electron chi connectivity index (χ3n) is 4.24. The predicted octanol–water partition coefficient (Wildman–Crippen LogP) is 2.92. The molecule has 3 aromatic rings. The molecule has 7 heteroatoms. The van der Waals surface area contributed by atoms with Crippen LogP contribution in [0.1, 0.15) is 22.7 Å². The lowest BCUT2D eigenvalue weighted by atomic mass is 9.99. The summed E-state index contributed by atoms with van der Waals surface area (Å²) >= 11 is 0. The number of rotatable bonds is 6. The lowest BCUT2D eigenvalue weighted by Crippen LogP contribution is -2.41. The molecular formula is C21H21N3O3S. The molecule has 3 aromatic carbocycles. The summed E-state index contributed by atoms with van der Waals surface area (Å²) in [4.78, 5) is 12.5. The van der Waals surface area contributed by atoms with Crippen LogP contribution in [0.4, 0.5) is 4.79 Å². The maximum Gasteiger partial charge on any atom is 0.329 e. The number of sulfonamides is 1. The molecule has 6 nitrogen and oxygen atoms in total. The Morgan fingerprint density at radius 2 is 1.32 bits per heavy atom.